The number of halogens is 1. The summed E-state index contributed by atoms with van der Waals surface area (Å²) in [4.78, 5) is 20.3. The predicted octanol–water partition coefficient (Wildman–Crippen LogP) is 1.80. The lowest BCUT2D eigenvalue weighted by Gasteiger charge is -2.34. The molecule has 0 radical (unpaired) electrons. The fraction of sp³-hybridized carbons (Fsp3) is 0.722. The van der Waals surface area contributed by atoms with Crippen molar-refractivity contribution < 1.29 is 0 Å². The summed E-state index contributed by atoms with van der Waals surface area (Å²) < 4.78 is 0. The smallest absolute Gasteiger partial charge is 0.225 e. The SMILES string of the molecule is I.NC(=NCCCN1CCN(c2ncccn2)CC1)N1CCCCCC1. The molecule has 1 aromatic rings. The molecule has 146 valence electrons. The van der Waals surface area contributed by atoms with E-state index >= 15 is 0 Å². The zero-order chi connectivity index (χ0) is 17.3. The molecule has 0 bridgehead atoms. The van der Waals surface area contributed by atoms with E-state index in [0.717, 1.165) is 70.7 Å². The van der Waals surface area contributed by atoms with Crippen LogP contribution in [0.25, 0.3) is 0 Å². The molecule has 2 aliphatic heterocycles. The van der Waals surface area contributed by atoms with Gasteiger partial charge in [-0.3, -0.25) is 9.89 Å². The lowest BCUT2D eigenvalue weighted by atomic mass is 10.2. The van der Waals surface area contributed by atoms with E-state index in [-0.39, 0.29) is 24.0 Å². The summed E-state index contributed by atoms with van der Waals surface area (Å²) >= 11 is 0. The third-order valence-electron chi connectivity index (χ3n) is 5.04. The van der Waals surface area contributed by atoms with E-state index in [0.29, 0.717) is 0 Å². The zero-order valence-corrected chi connectivity index (χ0v) is 17.9. The van der Waals surface area contributed by atoms with Crippen molar-refractivity contribution in [2.45, 2.75) is 32.1 Å². The van der Waals surface area contributed by atoms with Gasteiger partial charge in [-0.15, -0.1) is 24.0 Å². The van der Waals surface area contributed by atoms with Gasteiger partial charge < -0.3 is 15.5 Å². The van der Waals surface area contributed by atoms with Crippen molar-refractivity contribution in [2.75, 3.05) is 57.3 Å². The van der Waals surface area contributed by atoms with E-state index in [4.69, 9.17) is 5.73 Å². The average molecular weight is 473 g/mol. The van der Waals surface area contributed by atoms with Gasteiger partial charge in [0.05, 0.1) is 0 Å². The van der Waals surface area contributed by atoms with Crippen LogP contribution in [-0.4, -0.2) is 78.1 Å². The second kappa shape index (κ2) is 11.5. The Morgan fingerprint density at radius 3 is 2.27 bits per heavy atom. The molecule has 26 heavy (non-hydrogen) atoms. The first-order valence-electron chi connectivity index (χ1n) is 9.62. The number of hydrogen-bond acceptors (Lipinski definition) is 5. The highest BCUT2D eigenvalue weighted by Crippen LogP contribution is 2.10. The van der Waals surface area contributed by atoms with E-state index < -0.39 is 0 Å². The Balaban J connectivity index is 0.00000243. The Bertz CT molecular complexity index is 524. The fourth-order valence-electron chi connectivity index (χ4n) is 3.51. The molecule has 7 nitrogen and oxygen atoms in total. The first-order chi connectivity index (χ1) is 12.3. The topological polar surface area (TPSA) is 73.9 Å². The van der Waals surface area contributed by atoms with Crippen LogP contribution in [0.5, 0.6) is 0 Å². The minimum absolute atomic E-state index is 0. The number of guanidine groups is 1. The number of likely N-dealkylation sites (tertiary alicyclic amines) is 1. The third-order valence-corrected chi connectivity index (χ3v) is 5.04. The Morgan fingerprint density at radius 2 is 1.62 bits per heavy atom. The number of piperazine rings is 1. The van der Waals surface area contributed by atoms with Crippen LogP contribution in [0.2, 0.25) is 0 Å². The molecule has 8 heteroatoms. The number of hydrogen-bond donors (Lipinski definition) is 1. The number of anilines is 1. The first kappa shape index (κ1) is 21.1. The molecular weight excluding hydrogens is 441 g/mol. The zero-order valence-electron chi connectivity index (χ0n) is 15.6. The molecule has 0 atom stereocenters. The summed E-state index contributed by atoms with van der Waals surface area (Å²) in [6.45, 7) is 8.14. The molecule has 2 fully saturated rings. The molecule has 0 amide bonds. The van der Waals surface area contributed by atoms with Crippen LogP contribution in [-0.2, 0) is 0 Å². The number of aromatic nitrogens is 2. The number of aliphatic imine (C=N–C) groups is 1. The Kier molecular flexibility index (Phi) is 9.38. The van der Waals surface area contributed by atoms with Gasteiger partial charge in [-0.2, -0.15) is 0 Å². The lowest BCUT2D eigenvalue weighted by molar-refractivity contribution is 0.255. The van der Waals surface area contributed by atoms with E-state index in [1.165, 1.54) is 25.7 Å². The molecular formula is C18H32IN7. The highest BCUT2D eigenvalue weighted by atomic mass is 127. The predicted molar refractivity (Wildman–Crippen MR) is 117 cm³/mol. The molecule has 0 unspecified atom stereocenters. The molecule has 3 rings (SSSR count). The van der Waals surface area contributed by atoms with Crippen LogP contribution >= 0.6 is 24.0 Å². The molecule has 0 aliphatic carbocycles. The minimum Gasteiger partial charge on any atom is -0.370 e. The lowest BCUT2D eigenvalue weighted by Crippen LogP contribution is -2.47. The van der Waals surface area contributed by atoms with Gasteiger partial charge in [0, 0.05) is 64.8 Å². The van der Waals surface area contributed by atoms with Crippen molar-refractivity contribution >= 4 is 35.9 Å². The van der Waals surface area contributed by atoms with Crippen molar-refractivity contribution in [2.24, 2.45) is 10.7 Å². The van der Waals surface area contributed by atoms with Gasteiger partial charge in [-0.25, -0.2) is 9.97 Å². The molecule has 3 heterocycles. The molecule has 2 N–H and O–H groups in total. The van der Waals surface area contributed by atoms with E-state index in [9.17, 15) is 0 Å². The monoisotopic (exact) mass is 473 g/mol. The van der Waals surface area contributed by atoms with Crippen molar-refractivity contribution in [1.82, 2.24) is 19.8 Å². The van der Waals surface area contributed by atoms with Crippen LogP contribution < -0.4 is 10.6 Å². The average Bonchev–Trinajstić information content (AvgIpc) is 2.96. The van der Waals surface area contributed by atoms with Crippen LogP contribution in [0, 0.1) is 0 Å². The molecule has 0 aromatic carbocycles. The summed E-state index contributed by atoms with van der Waals surface area (Å²) in [7, 11) is 0. The van der Waals surface area contributed by atoms with Crippen molar-refractivity contribution in [3.8, 4) is 0 Å². The Labute approximate surface area is 174 Å². The van der Waals surface area contributed by atoms with Crippen molar-refractivity contribution in [3.05, 3.63) is 18.5 Å². The van der Waals surface area contributed by atoms with Gasteiger partial charge >= 0.3 is 0 Å². The van der Waals surface area contributed by atoms with Gasteiger partial charge in [-0.1, -0.05) is 12.8 Å². The number of nitrogens with two attached hydrogens (primary N) is 1. The second-order valence-corrected chi connectivity index (χ2v) is 6.87. The standard InChI is InChI=1S/C18H31N7.HI/c19-17(24-11-3-1-2-4-12-24)20-9-6-10-23-13-15-25(16-14-23)18-21-7-5-8-22-18;/h5,7-8H,1-4,6,9-16H2,(H2,19,20);1H. The highest BCUT2D eigenvalue weighted by Gasteiger charge is 2.18. The maximum Gasteiger partial charge on any atom is 0.225 e. The van der Waals surface area contributed by atoms with Crippen molar-refractivity contribution in [3.63, 3.8) is 0 Å². The van der Waals surface area contributed by atoms with E-state index in [2.05, 4.69) is 29.7 Å². The number of rotatable bonds is 5. The Morgan fingerprint density at radius 1 is 0.962 bits per heavy atom. The summed E-state index contributed by atoms with van der Waals surface area (Å²) in [5, 5.41) is 0. The molecule has 0 saturated carbocycles. The van der Waals surface area contributed by atoms with Gasteiger partial charge in [0.2, 0.25) is 5.95 Å². The summed E-state index contributed by atoms with van der Waals surface area (Å²) in [6.07, 6.45) is 9.81. The molecule has 0 spiro atoms. The normalized spacial score (nSPS) is 19.8. The van der Waals surface area contributed by atoms with Crippen LogP contribution in [0.4, 0.5) is 5.95 Å². The Hall–Kier alpha value is -1.16. The second-order valence-electron chi connectivity index (χ2n) is 6.87. The maximum atomic E-state index is 6.16. The van der Waals surface area contributed by atoms with E-state index in [1.54, 1.807) is 12.4 Å². The number of nitrogens with zero attached hydrogens (tertiary/aromatic N) is 6. The minimum atomic E-state index is 0. The summed E-state index contributed by atoms with van der Waals surface area (Å²) in [5.74, 6) is 1.59. The summed E-state index contributed by atoms with van der Waals surface area (Å²) in [5.41, 5.74) is 6.16. The van der Waals surface area contributed by atoms with Crippen molar-refractivity contribution in [1.29, 1.82) is 0 Å². The van der Waals surface area contributed by atoms with Crippen LogP contribution in [0.15, 0.2) is 23.5 Å². The van der Waals surface area contributed by atoms with Crippen LogP contribution in [0.3, 0.4) is 0 Å². The van der Waals surface area contributed by atoms with Gasteiger partial charge in [0.15, 0.2) is 5.96 Å². The third kappa shape index (κ3) is 6.53. The van der Waals surface area contributed by atoms with Crippen LogP contribution in [0.1, 0.15) is 32.1 Å². The quantitative estimate of drug-likeness (QED) is 0.304. The maximum absolute atomic E-state index is 6.16. The molecule has 1 aromatic heterocycles. The molecule has 2 aliphatic rings. The largest absolute Gasteiger partial charge is 0.370 e. The van der Waals surface area contributed by atoms with Gasteiger partial charge in [-0.05, 0) is 25.3 Å². The van der Waals surface area contributed by atoms with Gasteiger partial charge in [0.1, 0.15) is 0 Å². The fourth-order valence-corrected chi connectivity index (χ4v) is 3.51. The van der Waals surface area contributed by atoms with Gasteiger partial charge in [0.25, 0.3) is 0 Å². The van der Waals surface area contributed by atoms with E-state index in [1.807, 2.05) is 6.07 Å². The first-order valence-corrected chi connectivity index (χ1v) is 9.62. The summed E-state index contributed by atoms with van der Waals surface area (Å²) in [6, 6.07) is 1.86. The highest BCUT2D eigenvalue weighted by molar-refractivity contribution is 14.0. The molecule has 2 saturated heterocycles.